The van der Waals surface area contributed by atoms with E-state index in [0.717, 1.165) is 18.7 Å². The summed E-state index contributed by atoms with van der Waals surface area (Å²) in [5.74, 6) is 0.769. The van der Waals surface area contributed by atoms with Crippen molar-refractivity contribution < 1.29 is 4.79 Å². The first-order chi connectivity index (χ1) is 7.65. The Kier molecular flexibility index (Phi) is 2.96. The second-order valence-electron chi connectivity index (χ2n) is 4.62. The van der Waals surface area contributed by atoms with Crippen molar-refractivity contribution >= 4 is 11.7 Å². The van der Waals surface area contributed by atoms with Crippen LogP contribution in [0.5, 0.6) is 0 Å². The van der Waals surface area contributed by atoms with E-state index in [4.69, 9.17) is 5.73 Å². The van der Waals surface area contributed by atoms with E-state index in [9.17, 15) is 4.79 Å². The lowest BCUT2D eigenvalue weighted by Gasteiger charge is -2.40. The Hall–Kier alpha value is -1.36. The highest BCUT2D eigenvalue weighted by molar-refractivity contribution is 5.90. The van der Waals surface area contributed by atoms with E-state index in [-0.39, 0.29) is 11.3 Å². The molecule has 5 heteroatoms. The average molecular weight is 222 g/mol. The van der Waals surface area contributed by atoms with Gasteiger partial charge in [-0.05, 0) is 24.8 Å². The third-order valence-corrected chi connectivity index (χ3v) is 3.47. The minimum Gasteiger partial charge on any atom is -0.330 e. The van der Waals surface area contributed by atoms with Gasteiger partial charge >= 0.3 is 0 Å². The molecule has 0 bridgehead atoms. The van der Waals surface area contributed by atoms with E-state index < -0.39 is 0 Å². The maximum absolute atomic E-state index is 11.8. The van der Waals surface area contributed by atoms with E-state index in [1.165, 1.54) is 6.42 Å². The molecular weight excluding hydrogens is 204 g/mol. The number of aromatic nitrogens is 2. The molecule has 16 heavy (non-hydrogen) atoms. The van der Waals surface area contributed by atoms with Gasteiger partial charge in [0.15, 0.2) is 0 Å². The number of carbonyl (C=O) groups excluding carboxylic acids is 1. The molecule has 0 aromatic carbocycles. The fourth-order valence-corrected chi connectivity index (χ4v) is 2.15. The highest BCUT2D eigenvalue weighted by Gasteiger charge is 2.37. The predicted molar refractivity (Wildman–Crippen MR) is 61.8 cm³/mol. The summed E-state index contributed by atoms with van der Waals surface area (Å²) in [6.07, 6.45) is 5.52. The van der Waals surface area contributed by atoms with Gasteiger partial charge in [-0.25, -0.2) is 0 Å². The molecule has 0 aliphatic heterocycles. The molecule has 5 nitrogen and oxygen atoms in total. The second-order valence-corrected chi connectivity index (χ2v) is 4.62. The normalized spacial score (nSPS) is 17.9. The zero-order valence-corrected chi connectivity index (χ0v) is 9.57. The first-order valence-electron chi connectivity index (χ1n) is 5.63. The SMILES string of the molecule is Cn1nccc1NC(=O)CC1(CN)CCC1. The van der Waals surface area contributed by atoms with E-state index in [1.54, 1.807) is 24.0 Å². The minimum absolute atomic E-state index is 0.0359. The van der Waals surface area contributed by atoms with Gasteiger partial charge in [-0.1, -0.05) is 6.42 Å². The zero-order valence-electron chi connectivity index (χ0n) is 9.57. The van der Waals surface area contributed by atoms with Crippen LogP contribution in [0.1, 0.15) is 25.7 Å². The van der Waals surface area contributed by atoms with Gasteiger partial charge in [0.05, 0.1) is 6.20 Å². The number of nitrogens with two attached hydrogens (primary N) is 1. The molecule has 1 aliphatic carbocycles. The number of hydrogen-bond acceptors (Lipinski definition) is 3. The summed E-state index contributed by atoms with van der Waals surface area (Å²) >= 11 is 0. The van der Waals surface area contributed by atoms with E-state index >= 15 is 0 Å². The first kappa shape index (κ1) is 11.1. The molecule has 1 aromatic rings. The summed E-state index contributed by atoms with van der Waals surface area (Å²) < 4.78 is 1.65. The summed E-state index contributed by atoms with van der Waals surface area (Å²) in [4.78, 5) is 11.8. The predicted octanol–water partition coefficient (Wildman–Crippen LogP) is 0.878. The molecule has 3 N–H and O–H groups in total. The first-order valence-corrected chi connectivity index (χ1v) is 5.63. The van der Waals surface area contributed by atoms with Gasteiger partial charge in [-0.2, -0.15) is 5.10 Å². The number of rotatable bonds is 4. The summed E-state index contributed by atoms with van der Waals surface area (Å²) in [5, 5.41) is 6.85. The third kappa shape index (κ3) is 2.09. The molecule has 1 amide bonds. The molecule has 1 aromatic heterocycles. The smallest absolute Gasteiger partial charge is 0.226 e. The lowest BCUT2D eigenvalue weighted by atomic mass is 9.66. The number of aryl methyl sites for hydroxylation is 1. The van der Waals surface area contributed by atoms with Crippen LogP contribution in [0, 0.1) is 5.41 Å². The molecule has 1 fully saturated rings. The molecule has 0 radical (unpaired) electrons. The van der Waals surface area contributed by atoms with Crippen molar-refractivity contribution in [1.82, 2.24) is 9.78 Å². The zero-order chi connectivity index (χ0) is 11.6. The number of nitrogens with one attached hydrogen (secondary N) is 1. The van der Waals surface area contributed by atoms with Gasteiger partial charge in [0, 0.05) is 19.5 Å². The van der Waals surface area contributed by atoms with E-state index in [1.807, 2.05) is 0 Å². The molecule has 88 valence electrons. The summed E-state index contributed by atoms with van der Waals surface area (Å²) in [6.45, 7) is 0.603. The Balaban J connectivity index is 1.92. The number of nitrogens with zero attached hydrogens (tertiary/aromatic N) is 2. The summed E-state index contributed by atoms with van der Waals surface area (Å²) in [6, 6.07) is 1.79. The van der Waals surface area contributed by atoms with Crippen LogP contribution in [-0.4, -0.2) is 22.2 Å². The molecule has 2 rings (SSSR count). The molecule has 0 atom stereocenters. The van der Waals surface area contributed by atoms with Crippen molar-refractivity contribution in [2.24, 2.45) is 18.2 Å². The van der Waals surface area contributed by atoms with Gasteiger partial charge in [0.25, 0.3) is 0 Å². The van der Waals surface area contributed by atoms with Gasteiger partial charge in [0.2, 0.25) is 5.91 Å². The fourth-order valence-electron chi connectivity index (χ4n) is 2.15. The van der Waals surface area contributed by atoms with Crippen LogP contribution in [0.3, 0.4) is 0 Å². The molecule has 0 unspecified atom stereocenters. The van der Waals surface area contributed by atoms with Crippen molar-refractivity contribution in [3.05, 3.63) is 12.3 Å². The maximum atomic E-state index is 11.8. The lowest BCUT2D eigenvalue weighted by Crippen LogP contribution is -2.40. The Labute approximate surface area is 95.0 Å². The number of carbonyl (C=O) groups is 1. The molecule has 0 spiro atoms. The monoisotopic (exact) mass is 222 g/mol. The Morgan fingerprint density at radius 3 is 2.88 bits per heavy atom. The maximum Gasteiger partial charge on any atom is 0.226 e. The number of amides is 1. The van der Waals surface area contributed by atoms with Crippen LogP contribution < -0.4 is 11.1 Å². The van der Waals surface area contributed by atoms with Crippen molar-refractivity contribution in [2.45, 2.75) is 25.7 Å². The third-order valence-electron chi connectivity index (χ3n) is 3.47. The summed E-state index contributed by atoms with van der Waals surface area (Å²) in [5.41, 5.74) is 5.78. The van der Waals surface area contributed by atoms with E-state index in [0.29, 0.717) is 13.0 Å². The van der Waals surface area contributed by atoms with Gasteiger partial charge in [-0.15, -0.1) is 0 Å². The van der Waals surface area contributed by atoms with E-state index in [2.05, 4.69) is 10.4 Å². The largest absolute Gasteiger partial charge is 0.330 e. The fraction of sp³-hybridized carbons (Fsp3) is 0.636. The van der Waals surface area contributed by atoms with Gasteiger partial charge in [0.1, 0.15) is 5.82 Å². The van der Waals surface area contributed by atoms with Crippen molar-refractivity contribution in [3.8, 4) is 0 Å². The lowest BCUT2D eigenvalue weighted by molar-refractivity contribution is -0.119. The van der Waals surface area contributed by atoms with Crippen molar-refractivity contribution in [2.75, 3.05) is 11.9 Å². The highest BCUT2D eigenvalue weighted by Crippen LogP contribution is 2.42. The van der Waals surface area contributed by atoms with Gasteiger partial charge < -0.3 is 11.1 Å². The van der Waals surface area contributed by atoms with Crippen molar-refractivity contribution in [3.63, 3.8) is 0 Å². The Morgan fingerprint density at radius 2 is 2.44 bits per heavy atom. The average Bonchev–Trinajstić information content (AvgIpc) is 2.58. The van der Waals surface area contributed by atoms with Crippen LogP contribution in [0.2, 0.25) is 0 Å². The molecule has 0 saturated heterocycles. The molecule has 1 aliphatic rings. The van der Waals surface area contributed by atoms with Gasteiger partial charge in [-0.3, -0.25) is 9.48 Å². The highest BCUT2D eigenvalue weighted by atomic mass is 16.1. The minimum atomic E-state index is 0.0359. The Morgan fingerprint density at radius 1 is 1.69 bits per heavy atom. The van der Waals surface area contributed by atoms with Crippen molar-refractivity contribution in [1.29, 1.82) is 0 Å². The Bertz CT molecular complexity index is 376. The topological polar surface area (TPSA) is 72.9 Å². The molecule has 1 saturated carbocycles. The van der Waals surface area contributed by atoms with Crippen LogP contribution in [0.4, 0.5) is 5.82 Å². The van der Waals surface area contributed by atoms with Crippen LogP contribution in [0.25, 0.3) is 0 Å². The molecular formula is C11H18N4O. The number of hydrogen-bond donors (Lipinski definition) is 2. The second kappa shape index (κ2) is 4.25. The number of anilines is 1. The van der Waals surface area contributed by atoms with Crippen LogP contribution in [-0.2, 0) is 11.8 Å². The van der Waals surface area contributed by atoms with Crippen LogP contribution in [0.15, 0.2) is 12.3 Å². The summed E-state index contributed by atoms with van der Waals surface area (Å²) in [7, 11) is 1.80. The molecule has 1 heterocycles. The quantitative estimate of drug-likeness (QED) is 0.794. The standard InChI is InChI=1S/C11H18N4O/c1-15-9(3-6-13-15)14-10(16)7-11(8-12)4-2-5-11/h3,6H,2,4-5,7-8,12H2,1H3,(H,14,16). The van der Waals surface area contributed by atoms with Crippen LogP contribution >= 0.6 is 0 Å².